The molecular weight excluding hydrogens is 270 g/mol. The largest absolute Gasteiger partial charge is 0.373 e. The van der Waals surface area contributed by atoms with Crippen LogP contribution in [0.1, 0.15) is 45.2 Å². The van der Waals surface area contributed by atoms with Crippen molar-refractivity contribution in [2.75, 3.05) is 19.4 Å². The van der Waals surface area contributed by atoms with Crippen molar-refractivity contribution in [3.8, 4) is 0 Å². The van der Waals surface area contributed by atoms with Gasteiger partial charge in [0.2, 0.25) is 0 Å². The lowest BCUT2D eigenvalue weighted by atomic mass is 9.75. The van der Waals surface area contributed by atoms with Crippen molar-refractivity contribution in [3.05, 3.63) is 22.8 Å². The Balaban J connectivity index is 1.99. The summed E-state index contributed by atoms with van der Waals surface area (Å²) >= 11 is 6.26. The molecule has 0 aliphatic heterocycles. The first kappa shape index (κ1) is 15.6. The van der Waals surface area contributed by atoms with Crippen molar-refractivity contribution < 1.29 is 0 Å². The van der Waals surface area contributed by atoms with Crippen LogP contribution in [-0.4, -0.2) is 30.0 Å². The normalized spacial score (nSPS) is 19.3. The second-order valence-electron chi connectivity index (χ2n) is 6.69. The minimum absolute atomic E-state index is 0.513. The van der Waals surface area contributed by atoms with Gasteiger partial charge in [-0.15, -0.1) is 0 Å². The zero-order valence-corrected chi connectivity index (χ0v) is 13.8. The van der Waals surface area contributed by atoms with Crippen molar-refractivity contribution >= 4 is 17.4 Å². The Morgan fingerprint density at radius 1 is 1.35 bits per heavy atom. The Kier molecular flexibility index (Phi) is 4.92. The maximum atomic E-state index is 6.26. The maximum absolute atomic E-state index is 6.26. The molecule has 1 aliphatic rings. The molecule has 1 fully saturated rings. The third-order valence-electron chi connectivity index (χ3n) is 4.51. The van der Waals surface area contributed by atoms with Crippen molar-refractivity contribution in [2.24, 2.45) is 5.41 Å². The minimum atomic E-state index is 0.513. The molecule has 1 aliphatic carbocycles. The Hall–Kier alpha value is -0.800. The lowest BCUT2D eigenvalue weighted by Gasteiger charge is -2.38. The predicted octanol–water partition coefficient (Wildman–Crippen LogP) is 4.18. The number of pyridine rings is 1. The molecule has 1 aromatic heterocycles. The summed E-state index contributed by atoms with van der Waals surface area (Å²) in [5.74, 6) is 0.877. The van der Waals surface area contributed by atoms with Crippen molar-refractivity contribution in [2.45, 2.75) is 52.1 Å². The molecule has 1 N–H and O–H groups in total. The number of hydrogen-bond acceptors (Lipinski definition) is 3. The summed E-state index contributed by atoms with van der Waals surface area (Å²) in [6, 6.07) is 4.49. The molecule has 0 bridgehead atoms. The Bertz CT molecular complexity index is 449. The lowest BCUT2D eigenvalue weighted by molar-refractivity contribution is 0.122. The third kappa shape index (κ3) is 3.86. The summed E-state index contributed by atoms with van der Waals surface area (Å²) in [5.41, 5.74) is 1.48. The highest BCUT2D eigenvalue weighted by Gasteiger charge is 2.29. The van der Waals surface area contributed by atoms with E-state index >= 15 is 0 Å². The van der Waals surface area contributed by atoms with Crippen LogP contribution in [0.2, 0.25) is 5.02 Å². The van der Waals surface area contributed by atoms with E-state index in [9.17, 15) is 0 Å². The number of nitrogens with zero attached hydrogens (tertiary/aromatic N) is 2. The smallest absolute Gasteiger partial charge is 0.126 e. The lowest BCUT2D eigenvalue weighted by Crippen LogP contribution is -2.37. The zero-order chi connectivity index (χ0) is 14.8. The molecule has 0 atom stereocenters. The first-order valence-electron chi connectivity index (χ1n) is 7.45. The van der Waals surface area contributed by atoms with Gasteiger partial charge in [0.1, 0.15) is 5.82 Å². The van der Waals surface area contributed by atoms with Gasteiger partial charge in [-0.2, -0.15) is 0 Å². The first-order valence-corrected chi connectivity index (χ1v) is 7.82. The molecular formula is C16H26ClN3. The van der Waals surface area contributed by atoms with E-state index in [0.717, 1.165) is 23.1 Å². The van der Waals surface area contributed by atoms with Crippen LogP contribution in [0, 0.1) is 5.41 Å². The molecule has 2 rings (SSSR count). The topological polar surface area (TPSA) is 28.2 Å². The predicted molar refractivity (Wildman–Crippen MR) is 86.3 cm³/mol. The summed E-state index contributed by atoms with van der Waals surface area (Å²) in [7, 11) is 4.07. The van der Waals surface area contributed by atoms with E-state index in [1.54, 1.807) is 0 Å². The van der Waals surface area contributed by atoms with Gasteiger partial charge in [-0.05, 0) is 50.3 Å². The SMILES string of the molecule is CNc1ccc(Cl)c(CN(C)C2CCC(C)(C)CC2)n1. The van der Waals surface area contributed by atoms with E-state index in [1.165, 1.54) is 25.7 Å². The van der Waals surface area contributed by atoms with E-state index in [-0.39, 0.29) is 0 Å². The number of nitrogens with one attached hydrogen (secondary N) is 1. The van der Waals surface area contributed by atoms with Gasteiger partial charge in [0.15, 0.2) is 0 Å². The van der Waals surface area contributed by atoms with E-state index < -0.39 is 0 Å². The fourth-order valence-corrected chi connectivity index (χ4v) is 3.09. The number of hydrogen-bond donors (Lipinski definition) is 1. The summed E-state index contributed by atoms with van der Waals surface area (Å²) in [5, 5.41) is 3.83. The Labute approximate surface area is 127 Å². The van der Waals surface area contributed by atoms with E-state index in [4.69, 9.17) is 11.6 Å². The van der Waals surface area contributed by atoms with E-state index in [0.29, 0.717) is 11.5 Å². The first-order chi connectivity index (χ1) is 9.41. The Morgan fingerprint density at radius 2 is 2.00 bits per heavy atom. The highest BCUT2D eigenvalue weighted by Crippen LogP contribution is 2.37. The van der Waals surface area contributed by atoms with Crippen LogP contribution < -0.4 is 5.32 Å². The molecule has 4 heteroatoms. The van der Waals surface area contributed by atoms with Crippen molar-refractivity contribution in [1.29, 1.82) is 0 Å². The molecule has 0 aromatic carbocycles. The van der Waals surface area contributed by atoms with Crippen LogP contribution in [0.4, 0.5) is 5.82 Å². The standard InChI is InChI=1S/C16H26ClN3/c1-16(2)9-7-12(8-10-16)20(4)11-14-13(17)5-6-15(18-3)19-14/h5-6,12H,7-11H2,1-4H3,(H,18,19). The van der Waals surface area contributed by atoms with Crippen LogP contribution in [0.3, 0.4) is 0 Å². The molecule has 112 valence electrons. The van der Waals surface area contributed by atoms with E-state index in [1.807, 2.05) is 19.2 Å². The van der Waals surface area contributed by atoms with Gasteiger partial charge >= 0.3 is 0 Å². The minimum Gasteiger partial charge on any atom is -0.373 e. The second-order valence-corrected chi connectivity index (χ2v) is 7.09. The molecule has 0 amide bonds. The van der Waals surface area contributed by atoms with Gasteiger partial charge in [-0.25, -0.2) is 4.98 Å². The van der Waals surface area contributed by atoms with Crippen LogP contribution in [0.25, 0.3) is 0 Å². The fourth-order valence-electron chi connectivity index (χ4n) is 2.92. The average molecular weight is 296 g/mol. The van der Waals surface area contributed by atoms with Gasteiger partial charge in [-0.3, -0.25) is 4.90 Å². The molecule has 1 aromatic rings. The van der Waals surface area contributed by atoms with Crippen LogP contribution in [0.5, 0.6) is 0 Å². The molecule has 0 radical (unpaired) electrons. The molecule has 0 saturated heterocycles. The number of halogens is 1. The van der Waals surface area contributed by atoms with Gasteiger partial charge < -0.3 is 5.32 Å². The number of anilines is 1. The fraction of sp³-hybridized carbons (Fsp3) is 0.688. The van der Waals surface area contributed by atoms with Crippen LogP contribution in [-0.2, 0) is 6.54 Å². The highest BCUT2D eigenvalue weighted by atomic mass is 35.5. The summed E-state index contributed by atoms with van der Waals surface area (Å²) in [6.07, 6.45) is 5.15. The molecule has 0 spiro atoms. The Morgan fingerprint density at radius 3 is 2.60 bits per heavy atom. The summed E-state index contributed by atoms with van der Waals surface area (Å²) in [6.45, 7) is 5.56. The molecule has 0 unspecified atom stereocenters. The van der Waals surface area contributed by atoms with Gasteiger partial charge in [-0.1, -0.05) is 25.4 Å². The average Bonchev–Trinajstić information content (AvgIpc) is 2.41. The van der Waals surface area contributed by atoms with Gasteiger partial charge in [0, 0.05) is 19.6 Å². The van der Waals surface area contributed by atoms with Crippen LogP contribution >= 0.6 is 11.6 Å². The molecule has 20 heavy (non-hydrogen) atoms. The molecule has 1 saturated carbocycles. The molecule has 1 heterocycles. The van der Waals surface area contributed by atoms with Crippen LogP contribution in [0.15, 0.2) is 12.1 Å². The second kappa shape index (κ2) is 6.31. The highest BCUT2D eigenvalue weighted by molar-refractivity contribution is 6.31. The molecule has 3 nitrogen and oxygen atoms in total. The summed E-state index contributed by atoms with van der Waals surface area (Å²) < 4.78 is 0. The van der Waals surface area contributed by atoms with Gasteiger partial charge in [0.05, 0.1) is 10.7 Å². The monoisotopic (exact) mass is 295 g/mol. The maximum Gasteiger partial charge on any atom is 0.126 e. The zero-order valence-electron chi connectivity index (χ0n) is 13.0. The van der Waals surface area contributed by atoms with Crippen molar-refractivity contribution in [3.63, 3.8) is 0 Å². The van der Waals surface area contributed by atoms with Crippen molar-refractivity contribution in [1.82, 2.24) is 9.88 Å². The quantitative estimate of drug-likeness (QED) is 0.903. The number of aromatic nitrogens is 1. The third-order valence-corrected chi connectivity index (χ3v) is 4.85. The van der Waals surface area contributed by atoms with Gasteiger partial charge in [0.25, 0.3) is 0 Å². The van der Waals surface area contributed by atoms with E-state index in [2.05, 4.69) is 36.1 Å². The number of rotatable bonds is 4. The summed E-state index contributed by atoms with van der Waals surface area (Å²) in [4.78, 5) is 6.98.